The van der Waals surface area contributed by atoms with Crippen LogP contribution in [0.4, 0.5) is 5.82 Å². The summed E-state index contributed by atoms with van der Waals surface area (Å²) in [5, 5.41) is 0. The Labute approximate surface area is 106 Å². The van der Waals surface area contributed by atoms with Crippen LogP contribution in [0, 0.1) is 0 Å². The fraction of sp³-hybridized carbons (Fsp3) is 0.385. The van der Waals surface area contributed by atoms with Crippen molar-refractivity contribution in [3.05, 3.63) is 42.9 Å². The first kappa shape index (κ1) is 11.1. The van der Waals surface area contributed by atoms with E-state index in [-0.39, 0.29) is 0 Å². The molecule has 18 heavy (non-hydrogen) atoms. The highest BCUT2D eigenvalue weighted by Crippen LogP contribution is 2.27. The highest BCUT2D eigenvalue weighted by Gasteiger charge is 2.23. The fourth-order valence-electron chi connectivity index (χ4n) is 2.42. The Morgan fingerprint density at radius 2 is 2.11 bits per heavy atom. The van der Waals surface area contributed by atoms with Crippen molar-refractivity contribution >= 4 is 5.82 Å². The fourth-order valence-corrected chi connectivity index (χ4v) is 2.42. The van der Waals surface area contributed by atoms with Crippen LogP contribution in [0.15, 0.2) is 37.2 Å². The zero-order valence-electron chi connectivity index (χ0n) is 10.1. The van der Waals surface area contributed by atoms with Crippen molar-refractivity contribution in [1.82, 2.24) is 19.9 Å². The minimum absolute atomic E-state index is 0.447. The van der Waals surface area contributed by atoms with E-state index in [1.54, 1.807) is 24.9 Å². The number of anilines is 1. The average molecular weight is 241 g/mol. The van der Waals surface area contributed by atoms with E-state index < -0.39 is 0 Å². The maximum absolute atomic E-state index is 4.41. The minimum Gasteiger partial charge on any atom is -0.356 e. The second-order valence-corrected chi connectivity index (χ2v) is 4.48. The third-order valence-electron chi connectivity index (χ3n) is 3.31. The first-order valence-corrected chi connectivity index (χ1v) is 6.20. The number of rotatable bonds is 2. The highest BCUT2D eigenvalue weighted by molar-refractivity contribution is 5.38. The molecular formula is C13H15N5. The number of piperidine rings is 1. The van der Waals surface area contributed by atoms with Crippen molar-refractivity contribution in [1.29, 1.82) is 0 Å². The van der Waals surface area contributed by atoms with Crippen LogP contribution in [0.1, 0.15) is 24.5 Å². The van der Waals surface area contributed by atoms with Crippen LogP contribution in [0.5, 0.6) is 0 Å². The van der Waals surface area contributed by atoms with Gasteiger partial charge in [0.2, 0.25) is 0 Å². The van der Waals surface area contributed by atoms with Crippen LogP contribution >= 0.6 is 0 Å². The van der Waals surface area contributed by atoms with Gasteiger partial charge in [-0.25, -0.2) is 9.97 Å². The molecule has 1 fully saturated rings. The average Bonchev–Trinajstić information content (AvgIpc) is 2.49. The molecule has 0 spiro atoms. The Bertz CT molecular complexity index is 442. The molecule has 1 aliphatic rings. The molecule has 92 valence electrons. The van der Waals surface area contributed by atoms with Crippen molar-refractivity contribution < 1.29 is 0 Å². The summed E-state index contributed by atoms with van der Waals surface area (Å²) < 4.78 is 0. The molecule has 2 aromatic heterocycles. The molecule has 0 radical (unpaired) electrons. The molecule has 1 atom stereocenters. The van der Waals surface area contributed by atoms with E-state index in [4.69, 9.17) is 0 Å². The van der Waals surface area contributed by atoms with E-state index >= 15 is 0 Å². The summed E-state index contributed by atoms with van der Waals surface area (Å²) in [5.41, 5.74) is 1.08. The van der Waals surface area contributed by atoms with Crippen LogP contribution in [-0.2, 0) is 0 Å². The molecule has 5 nitrogen and oxygen atoms in total. The summed E-state index contributed by atoms with van der Waals surface area (Å²) in [6.45, 7) is 2.00. The van der Waals surface area contributed by atoms with Gasteiger partial charge in [-0.15, -0.1) is 0 Å². The van der Waals surface area contributed by atoms with Crippen LogP contribution in [0.3, 0.4) is 0 Å². The van der Waals surface area contributed by atoms with Crippen LogP contribution in [0.25, 0.3) is 0 Å². The van der Waals surface area contributed by atoms with E-state index in [0.29, 0.717) is 5.92 Å². The van der Waals surface area contributed by atoms with Crippen molar-refractivity contribution in [3.63, 3.8) is 0 Å². The predicted molar refractivity (Wildman–Crippen MR) is 68.3 cm³/mol. The van der Waals surface area contributed by atoms with Gasteiger partial charge in [0.25, 0.3) is 0 Å². The lowest BCUT2D eigenvalue weighted by Crippen LogP contribution is -2.35. The van der Waals surface area contributed by atoms with Crippen LogP contribution in [-0.4, -0.2) is 33.0 Å². The largest absolute Gasteiger partial charge is 0.356 e. The van der Waals surface area contributed by atoms with Gasteiger partial charge in [0, 0.05) is 43.8 Å². The van der Waals surface area contributed by atoms with Gasteiger partial charge in [0.15, 0.2) is 0 Å². The minimum atomic E-state index is 0.447. The Hall–Kier alpha value is -2.04. The lowest BCUT2D eigenvalue weighted by Gasteiger charge is -2.33. The summed E-state index contributed by atoms with van der Waals surface area (Å²) in [6.07, 6.45) is 11.1. The first-order chi connectivity index (χ1) is 8.93. The van der Waals surface area contributed by atoms with Gasteiger partial charge in [0.1, 0.15) is 12.1 Å². The van der Waals surface area contributed by atoms with Crippen molar-refractivity contribution in [2.45, 2.75) is 18.8 Å². The maximum atomic E-state index is 4.41. The molecule has 0 aliphatic carbocycles. The monoisotopic (exact) mass is 241 g/mol. The van der Waals surface area contributed by atoms with Crippen molar-refractivity contribution in [3.8, 4) is 0 Å². The molecule has 3 heterocycles. The van der Waals surface area contributed by atoms with Gasteiger partial charge in [-0.2, -0.15) is 0 Å². The third-order valence-corrected chi connectivity index (χ3v) is 3.31. The van der Waals surface area contributed by atoms with E-state index in [1.807, 2.05) is 12.3 Å². The van der Waals surface area contributed by atoms with Gasteiger partial charge >= 0.3 is 0 Å². The highest BCUT2D eigenvalue weighted by atomic mass is 15.2. The maximum Gasteiger partial charge on any atom is 0.131 e. The third kappa shape index (κ3) is 2.30. The molecule has 1 saturated heterocycles. The van der Waals surface area contributed by atoms with Gasteiger partial charge in [0.05, 0.1) is 5.69 Å². The van der Waals surface area contributed by atoms with Crippen molar-refractivity contribution in [2.75, 3.05) is 18.0 Å². The molecule has 0 saturated carbocycles. The Morgan fingerprint density at radius 3 is 2.89 bits per heavy atom. The zero-order chi connectivity index (χ0) is 12.2. The number of hydrogen-bond donors (Lipinski definition) is 0. The topological polar surface area (TPSA) is 54.8 Å². The van der Waals surface area contributed by atoms with Crippen LogP contribution in [0.2, 0.25) is 0 Å². The van der Waals surface area contributed by atoms with Gasteiger partial charge < -0.3 is 4.90 Å². The summed E-state index contributed by atoms with van der Waals surface area (Å²) in [5.74, 6) is 1.45. The lowest BCUT2D eigenvalue weighted by molar-refractivity contribution is 0.497. The number of aromatic nitrogens is 4. The molecule has 5 heteroatoms. The lowest BCUT2D eigenvalue weighted by atomic mass is 9.95. The smallest absolute Gasteiger partial charge is 0.131 e. The van der Waals surface area contributed by atoms with E-state index in [2.05, 4.69) is 24.8 Å². The molecular weight excluding hydrogens is 226 g/mol. The summed E-state index contributed by atoms with van der Waals surface area (Å²) in [6, 6.07) is 1.96. The summed E-state index contributed by atoms with van der Waals surface area (Å²) in [7, 11) is 0. The van der Waals surface area contributed by atoms with Crippen molar-refractivity contribution in [2.24, 2.45) is 0 Å². The van der Waals surface area contributed by atoms with Gasteiger partial charge in [-0.3, -0.25) is 9.97 Å². The molecule has 3 rings (SSSR count). The summed E-state index contributed by atoms with van der Waals surface area (Å²) in [4.78, 5) is 19.1. The second kappa shape index (κ2) is 5.08. The molecule has 0 bridgehead atoms. The second-order valence-electron chi connectivity index (χ2n) is 4.48. The summed E-state index contributed by atoms with van der Waals surface area (Å²) >= 11 is 0. The molecule has 0 N–H and O–H groups in total. The Morgan fingerprint density at radius 1 is 1.11 bits per heavy atom. The van der Waals surface area contributed by atoms with Gasteiger partial charge in [-0.1, -0.05) is 0 Å². The predicted octanol–water partition coefficient (Wildman–Crippen LogP) is 1.65. The van der Waals surface area contributed by atoms with E-state index in [0.717, 1.165) is 31.0 Å². The molecule has 0 unspecified atom stereocenters. The molecule has 1 aliphatic heterocycles. The Balaban J connectivity index is 1.77. The molecule has 0 aromatic carbocycles. The zero-order valence-corrected chi connectivity index (χ0v) is 10.1. The normalized spacial score (nSPS) is 19.8. The Kier molecular flexibility index (Phi) is 3.12. The quantitative estimate of drug-likeness (QED) is 0.800. The molecule has 2 aromatic rings. The van der Waals surface area contributed by atoms with E-state index in [1.165, 1.54) is 6.42 Å². The first-order valence-electron chi connectivity index (χ1n) is 6.20. The molecule has 0 amide bonds. The number of hydrogen-bond acceptors (Lipinski definition) is 5. The standard InChI is InChI=1S/C13H15N5/c1-2-11(12-8-14-5-6-16-12)9-18(7-1)13-3-4-15-10-17-13/h3-6,8,10-11H,1-2,7,9H2/t11-/m1/s1. The number of nitrogens with zero attached hydrogens (tertiary/aromatic N) is 5. The van der Waals surface area contributed by atoms with Gasteiger partial charge in [-0.05, 0) is 18.9 Å². The van der Waals surface area contributed by atoms with E-state index in [9.17, 15) is 0 Å². The SMILES string of the molecule is c1cc(N2CCC[C@@H](c3cnccn3)C2)ncn1. The van der Waals surface area contributed by atoms with Crippen LogP contribution < -0.4 is 4.90 Å².